The molecule has 0 saturated carbocycles. The molecule has 11 aromatic carbocycles. The maximum absolute atomic E-state index is 2.41. The van der Waals surface area contributed by atoms with Gasteiger partial charge in [0.1, 0.15) is 0 Å². The van der Waals surface area contributed by atoms with Crippen LogP contribution in [0.5, 0.6) is 0 Å². The molecule has 266 valence electrons. The Morgan fingerprint density at radius 1 is 0.246 bits per heavy atom. The second kappa shape index (κ2) is 13.7. The Hall–Kier alpha value is -7.48. The number of para-hydroxylation sites is 1. The minimum absolute atomic E-state index is 1.10. The van der Waals surface area contributed by atoms with E-state index >= 15 is 0 Å². The molecule has 0 spiro atoms. The van der Waals surface area contributed by atoms with Gasteiger partial charge >= 0.3 is 0 Å². The molecule has 0 aromatic heterocycles. The Morgan fingerprint density at radius 2 is 0.789 bits per heavy atom. The molecule has 0 fully saturated rings. The molecule has 0 amide bonds. The summed E-state index contributed by atoms with van der Waals surface area (Å²) in [6.07, 6.45) is 0. The summed E-state index contributed by atoms with van der Waals surface area (Å²) in [7, 11) is 0. The number of hydrogen-bond donors (Lipinski definition) is 0. The van der Waals surface area contributed by atoms with Gasteiger partial charge in [0.05, 0.1) is 5.69 Å². The summed E-state index contributed by atoms with van der Waals surface area (Å²) in [4.78, 5) is 2.41. The van der Waals surface area contributed by atoms with Crippen LogP contribution in [-0.2, 0) is 0 Å². The first-order chi connectivity index (χ1) is 28.3. The van der Waals surface area contributed by atoms with Gasteiger partial charge in [-0.2, -0.15) is 0 Å². The Morgan fingerprint density at radius 3 is 1.58 bits per heavy atom. The number of anilines is 3. The predicted octanol–water partition coefficient (Wildman–Crippen LogP) is 15.9. The summed E-state index contributed by atoms with van der Waals surface area (Å²) in [5.74, 6) is 0. The van der Waals surface area contributed by atoms with E-state index in [2.05, 4.69) is 229 Å². The van der Waals surface area contributed by atoms with Gasteiger partial charge in [0, 0.05) is 16.9 Å². The van der Waals surface area contributed by atoms with Crippen LogP contribution in [0, 0.1) is 0 Å². The lowest BCUT2D eigenvalue weighted by Gasteiger charge is -2.28. The Labute approximate surface area is 332 Å². The topological polar surface area (TPSA) is 3.24 Å². The van der Waals surface area contributed by atoms with Crippen molar-refractivity contribution in [1.29, 1.82) is 0 Å². The van der Waals surface area contributed by atoms with E-state index in [9.17, 15) is 0 Å². The first-order valence-electron chi connectivity index (χ1n) is 19.7. The van der Waals surface area contributed by atoms with Crippen LogP contribution in [0.3, 0.4) is 0 Å². The fourth-order valence-corrected chi connectivity index (χ4v) is 8.86. The second-order valence-corrected chi connectivity index (χ2v) is 14.9. The highest BCUT2D eigenvalue weighted by Crippen LogP contribution is 2.45. The first-order valence-corrected chi connectivity index (χ1v) is 19.7. The van der Waals surface area contributed by atoms with Crippen LogP contribution in [0.4, 0.5) is 17.1 Å². The van der Waals surface area contributed by atoms with Gasteiger partial charge in [-0.25, -0.2) is 0 Å². The third-order valence-corrected chi connectivity index (χ3v) is 11.6. The molecule has 0 N–H and O–H groups in total. The van der Waals surface area contributed by atoms with E-state index in [1.54, 1.807) is 0 Å². The van der Waals surface area contributed by atoms with Crippen LogP contribution in [0.15, 0.2) is 224 Å². The summed E-state index contributed by atoms with van der Waals surface area (Å²) in [5, 5.41) is 12.7. The Balaban J connectivity index is 1.10. The quantitative estimate of drug-likeness (QED) is 0.154. The van der Waals surface area contributed by atoms with Gasteiger partial charge in [-0.05, 0) is 130 Å². The van der Waals surface area contributed by atoms with Gasteiger partial charge in [0.2, 0.25) is 0 Å². The number of nitrogens with zero attached hydrogens (tertiary/aromatic N) is 1. The van der Waals surface area contributed by atoms with Crippen molar-refractivity contribution in [3.05, 3.63) is 224 Å². The van der Waals surface area contributed by atoms with Crippen LogP contribution < -0.4 is 4.90 Å². The lowest BCUT2D eigenvalue weighted by Crippen LogP contribution is -2.11. The van der Waals surface area contributed by atoms with Crippen molar-refractivity contribution in [3.8, 4) is 33.4 Å². The van der Waals surface area contributed by atoms with E-state index < -0.39 is 0 Å². The molecule has 0 aliphatic rings. The van der Waals surface area contributed by atoms with Crippen LogP contribution >= 0.6 is 0 Å². The molecule has 0 atom stereocenters. The molecular formula is C56H37N. The summed E-state index contributed by atoms with van der Waals surface area (Å²) >= 11 is 0. The molecule has 0 saturated heterocycles. The van der Waals surface area contributed by atoms with Gasteiger partial charge in [0.25, 0.3) is 0 Å². The van der Waals surface area contributed by atoms with E-state index in [4.69, 9.17) is 0 Å². The van der Waals surface area contributed by atoms with E-state index in [1.165, 1.54) is 87.2 Å². The highest BCUT2D eigenvalue weighted by atomic mass is 15.1. The number of rotatable bonds is 6. The number of fused-ring (bicyclic) bond motifs is 8. The molecule has 0 unspecified atom stereocenters. The third kappa shape index (κ3) is 5.72. The molecular weight excluding hydrogens is 687 g/mol. The molecule has 1 heteroatoms. The zero-order valence-corrected chi connectivity index (χ0v) is 31.3. The molecule has 57 heavy (non-hydrogen) atoms. The Kier molecular flexibility index (Phi) is 7.89. The second-order valence-electron chi connectivity index (χ2n) is 14.9. The van der Waals surface area contributed by atoms with Crippen LogP contribution in [0.2, 0.25) is 0 Å². The predicted molar refractivity (Wildman–Crippen MR) is 245 cm³/mol. The molecule has 0 radical (unpaired) electrons. The SMILES string of the molecule is c1ccc(-c2ccc(N(c3ccccc3)c3ccc(-c4cc5ccccc5c5ccccc45)cc3)c(-c3ccc4c(ccc5ccc6ccccc6c54)c3)c2)cc1. The molecule has 11 rings (SSSR count). The van der Waals surface area contributed by atoms with Crippen LogP contribution in [0.1, 0.15) is 0 Å². The van der Waals surface area contributed by atoms with E-state index in [0.717, 1.165) is 17.1 Å². The monoisotopic (exact) mass is 723 g/mol. The maximum Gasteiger partial charge on any atom is 0.0540 e. The lowest BCUT2D eigenvalue weighted by atomic mass is 9.92. The van der Waals surface area contributed by atoms with Crippen molar-refractivity contribution < 1.29 is 0 Å². The Bertz CT molecular complexity index is 3270. The zero-order chi connectivity index (χ0) is 37.7. The van der Waals surface area contributed by atoms with Crippen molar-refractivity contribution in [2.24, 2.45) is 0 Å². The third-order valence-electron chi connectivity index (χ3n) is 11.6. The smallest absolute Gasteiger partial charge is 0.0540 e. The highest BCUT2D eigenvalue weighted by Gasteiger charge is 2.20. The first kappa shape index (κ1) is 32.9. The summed E-state index contributed by atoms with van der Waals surface area (Å²) in [5.41, 5.74) is 10.5. The van der Waals surface area contributed by atoms with Crippen LogP contribution in [-0.4, -0.2) is 0 Å². The summed E-state index contributed by atoms with van der Waals surface area (Å²) < 4.78 is 0. The lowest BCUT2D eigenvalue weighted by molar-refractivity contribution is 1.28. The normalized spacial score (nSPS) is 11.5. The molecule has 11 aromatic rings. The van der Waals surface area contributed by atoms with Crippen molar-refractivity contribution >= 4 is 70.9 Å². The number of hydrogen-bond acceptors (Lipinski definition) is 1. The average molecular weight is 724 g/mol. The van der Waals surface area contributed by atoms with Crippen molar-refractivity contribution in [3.63, 3.8) is 0 Å². The van der Waals surface area contributed by atoms with Gasteiger partial charge in [-0.3, -0.25) is 0 Å². The molecule has 0 heterocycles. The van der Waals surface area contributed by atoms with E-state index in [-0.39, 0.29) is 0 Å². The van der Waals surface area contributed by atoms with Crippen molar-refractivity contribution in [2.45, 2.75) is 0 Å². The fourth-order valence-electron chi connectivity index (χ4n) is 8.86. The standard InChI is InChI=1S/C56H37N/c1-3-13-38(14-4-1)42-30-34-55(54(36-42)45-29-33-50-44(35-45)26-25-41-24-23-39-15-7-10-20-49(39)56(41)50)57(46-17-5-2-6-18-46)47-31-27-40(28-32-47)53-37-43-16-8-9-19-48(43)51-21-11-12-22-52(51)53/h1-37H. The van der Waals surface area contributed by atoms with Gasteiger partial charge in [-0.15, -0.1) is 0 Å². The van der Waals surface area contributed by atoms with Crippen molar-refractivity contribution in [1.82, 2.24) is 0 Å². The number of benzene rings is 11. The maximum atomic E-state index is 2.41. The molecule has 1 nitrogen and oxygen atoms in total. The average Bonchev–Trinajstić information content (AvgIpc) is 3.29. The van der Waals surface area contributed by atoms with Gasteiger partial charge in [-0.1, -0.05) is 176 Å². The van der Waals surface area contributed by atoms with Gasteiger partial charge in [0.15, 0.2) is 0 Å². The van der Waals surface area contributed by atoms with Crippen LogP contribution in [0.25, 0.3) is 87.2 Å². The van der Waals surface area contributed by atoms with E-state index in [0.29, 0.717) is 0 Å². The van der Waals surface area contributed by atoms with Gasteiger partial charge < -0.3 is 4.90 Å². The van der Waals surface area contributed by atoms with Crippen molar-refractivity contribution in [2.75, 3.05) is 4.90 Å². The summed E-state index contributed by atoms with van der Waals surface area (Å²) in [6.45, 7) is 0. The highest BCUT2D eigenvalue weighted by molar-refractivity contribution is 6.20. The fraction of sp³-hybridized carbons (Fsp3) is 0. The molecule has 0 bridgehead atoms. The minimum atomic E-state index is 1.10. The van der Waals surface area contributed by atoms with E-state index in [1.807, 2.05) is 0 Å². The zero-order valence-electron chi connectivity index (χ0n) is 31.3. The largest absolute Gasteiger partial charge is 0.310 e. The molecule has 0 aliphatic heterocycles. The minimum Gasteiger partial charge on any atom is -0.310 e. The molecule has 0 aliphatic carbocycles. The summed E-state index contributed by atoms with van der Waals surface area (Å²) in [6, 6.07) is 82.1.